The summed E-state index contributed by atoms with van der Waals surface area (Å²) in [4.78, 5) is 32.0. The number of benzene rings is 2. The molecule has 0 aliphatic carbocycles. The number of hydrogen-bond donors (Lipinski definition) is 1. The zero-order chi connectivity index (χ0) is 25.1. The van der Waals surface area contributed by atoms with E-state index < -0.39 is 41.0 Å². The molecule has 8 nitrogen and oxygen atoms in total. The number of aryl methyl sites for hydroxylation is 1. The lowest BCUT2D eigenvalue weighted by atomic mass is 9.87. The third kappa shape index (κ3) is 3.84. The summed E-state index contributed by atoms with van der Waals surface area (Å²) in [6, 6.07) is 6.49. The minimum Gasteiger partial charge on any atom is -0.443 e. The van der Waals surface area contributed by atoms with E-state index in [0.29, 0.717) is 22.5 Å². The molecule has 3 heterocycles. The van der Waals surface area contributed by atoms with Gasteiger partial charge in [0.1, 0.15) is 29.1 Å². The molecule has 0 bridgehead atoms. The summed E-state index contributed by atoms with van der Waals surface area (Å²) < 4.78 is 36.2. The number of H-pyrrole nitrogens is 1. The highest BCUT2D eigenvalue weighted by Gasteiger charge is 2.44. The quantitative estimate of drug-likeness (QED) is 0.446. The molecule has 2 unspecified atom stereocenters. The molecule has 0 saturated heterocycles. The van der Waals surface area contributed by atoms with Gasteiger partial charge in [-0.25, -0.2) is 23.7 Å². The lowest BCUT2D eigenvalue weighted by Crippen LogP contribution is -2.46. The molecular formula is C25H23F2N5O3. The van der Waals surface area contributed by atoms with Gasteiger partial charge in [-0.2, -0.15) is 5.10 Å². The maximum Gasteiger partial charge on any atom is 0.415 e. The van der Waals surface area contributed by atoms with Crippen LogP contribution in [0.5, 0.6) is 0 Å². The zero-order valence-electron chi connectivity index (χ0n) is 19.5. The maximum atomic E-state index is 14.8. The molecule has 1 aliphatic rings. The minimum atomic E-state index is -0.857. The highest BCUT2D eigenvalue weighted by atomic mass is 19.1. The molecule has 1 amide bonds. The van der Waals surface area contributed by atoms with Crippen molar-refractivity contribution in [1.29, 1.82) is 0 Å². The Labute approximate surface area is 199 Å². The Morgan fingerprint density at radius 2 is 1.80 bits per heavy atom. The van der Waals surface area contributed by atoms with Crippen LogP contribution in [0.25, 0.3) is 10.8 Å². The summed E-state index contributed by atoms with van der Waals surface area (Å²) in [6.07, 6.45) is 2.60. The molecule has 0 spiro atoms. The van der Waals surface area contributed by atoms with Crippen LogP contribution in [0.3, 0.4) is 0 Å². The Hall–Kier alpha value is -4.08. The summed E-state index contributed by atoms with van der Waals surface area (Å²) in [5.74, 6) is -0.517. The Morgan fingerprint density at radius 1 is 1.09 bits per heavy atom. The van der Waals surface area contributed by atoms with Gasteiger partial charge in [0.25, 0.3) is 5.56 Å². The number of imidazole rings is 1. The largest absolute Gasteiger partial charge is 0.443 e. The summed E-state index contributed by atoms with van der Waals surface area (Å²) in [7, 11) is 0. The van der Waals surface area contributed by atoms with Gasteiger partial charge in [0.05, 0.1) is 22.8 Å². The average molecular weight is 479 g/mol. The van der Waals surface area contributed by atoms with Crippen LogP contribution in [0.4, 0.5) is 19.3 Å². The van der Waals surface area contributed by atoms with E-state index >= 15 is 0 Å². The van der Waals surface area contributed by atoms with E-state index in [2.05, 4.69) is 15.2 Å². The van der Waals surface area contributed by atoms with E-state index in [4.69, 9.17) is 4.74 Å². The molecule has 2 aromatic carbocycles. The predicted molar refractivity (Wildman–Crippen MR) is 125 cm³/mol. The predicted octanol–water partition coefficient (Wildman–Crippen LogP) is 4.79. The molecule has 35 heavy (non-hydrogen) atoms. The van der Waals surface area contributed by atoms with Crippen LogP contribution in [-0.2, 0) is 4.74 Å². The number of carbonyl (C=O) groups is 1. The lowest BCUT2D eigenvalue weighted by molar-refractivity contribution is 0.0555. The summed E-state index contributed by atoms with van der Waals surface area (Å²) in [6.45, 7) is 6.96. The first-order valence-electron chi connectivity index (χ1n) is 11.0. The summed E-state index contributed by atoms with van der Waals surface area (Å²) >= 11 is 0. The molecular weight excluding hydrogens is 456 g/mol. The molecule has 1 aliphatic heterocycles. The Kier molecular flexibility index (Phi) is 5.19. The summed E-state index contributed by atoms with van der Waals surface area (Å²) in [5.41, 5.74) is -0.318. The van der Waals surface area contributed by atoms with Crippen LogP contribution in [-0.4, -0.2) is 31.4 Å². The van der Waals surface area contributed by atoms with Gasteiger partial charge in [-0.3, -0.25) is 9.69 Å². The lowest BCUT2D eigenvalue weighted by Gasteiger charge is -2.42. The van der Waals surface area contributed by atoms with Crippen LogP contribution in [0.15, 0.2) is 53.6 Å². The number of hydrogen-bond acceptors (Lipinski definition) is 5. The van der Waals surface area contributed by atoms with Gasteiger partial charge in [-0.1, -0.05) is 12.1 Å². The van der Waals surface area contributed by atoms with E-state index in [1.165, 1.54) is 23.1 Å². The second-order valence-electron chi connectivity index (χ2n) is 9.46. The Bertz CT molecular complexity index is 1500. The highest BCUT2D eigenvalue weighted by molar-refractivity contribution is 6.05. The fraction of sp³-hybridized carbons (Fsp3) is 0.280. The molecule has 2 atom stereocenters. The second kappa shape index (κ2) is 8.00. The third-order valence-corrected chi connectivity index (χ3v) is 5.94. The van der Waals surface area contributed by atoms with E-state index in [0.717, 1.165) is 6.07 Å². The normalized spacial score (nSPS) is 17.6. The maximum absolute atomic E-state index is 14.8. The third-order valence-electron chi connectivity index (χ3n) is 5.94. The average Bonchev–Trinajstić information content (AvgIpc) is 3.20. The van der Waals surface area contributed by atoms with Crippen LogP contribution in [0.1, 0.15) is 49.9 Å². The van der Waals surface area contributed by atoms with Crippen molar-refractivity contribution in [1.82, 2.24) is 19.7 Å². The number of halogens is 2. The Morgan fingerprint density at radius 3 is 2.43 bits per heavy atom. The molecule has 2 aromatic heterocycles. The number of rotatable bonds is 2. The first-order valence-corrected chi connectivity index (χ1v) is 11.0. The monoisotopic (exact) mass is 479 g/mol. The number of aromatic nitrogens is 4. The number of ether oxygens (including phenoxy) is 1. The van der Waals surface area contributed by atoms with Gasteiger partial charge in [0.2, 0.25) is 0 Å². The van der Waals surface area contributed by atoms with E-state index in [1.807, 2.05) is 4.57 Å². The zero-order valence-corrected chi connectivity index (χ0v) is 19.5. The van der Waals surface area contributed by atoms with Gasteiger partial charge in [0.15, 0.2) is 0 Å². The van der Waals surface area contributed by atoms with Crippen molar-refractivity contribution in [3.05, 3.63) is 87.9 Å². The van der Waals surface area contributed by atoms with Crippen molar-refractivity contribution >= 4 is 22.6 Å². The number of anilines is 1. The molecule has 10 heteroatoms. The first kappa shape index (κ1) is 22.7. The van der Waals surface area contributed by atoms with Crippen molar-refractivity contribution in [2.45, 2.75) is 45.4 Å². The van der Waals surface area contributed by atoms with E-state index in [-0.39, 0.29) is 11.1 Å². The van der Waals surface area contributed by atoms with Crippen molar-refractivity contribution in [2.24, 2.45) is 0 Å². The fourth-order valence-electron chi connectivity index (χ4n) is 4.59. The number of nitrogens with one attached hydrogen (secondary N) is 1. The smallest absolute Gasteiger partial charge is 0.415 e. The van der Waals surface area contributed by atoms with E-state index in [9.17, 15) is 18.4 Å². The van der Waals surface area contributed by atoms with Gasteiger partial charge in [-0.15, -0.1) is 0 Å². The Balaban J connectivity index is 1.89. The fourth-order valence-corrected chi connectivity index (χ4v) is 4.59. The molecule has 0 fully saturated rings. The van der Waals surface area contributed by atoms with Crippen LogP contribution in [0.2, 0.25) is 0 Å². The second-order valence-corrected chi connectivity index (χ2v) is 9.46. The number of nitrogens with zero attached hydrogens (tertiary/aromatic N) is 4. The van der Waals surface area contributed by atoms with E-state index in [1.54, 1.807) is 52.2 Å². The molecule has 1 N–H and O–H groups in total. The van der Waals surface area contributed by atoms with Crippen molar-refractivity contribution in [3.63, 3.8) is 0 Å². The highest BCUT2D eigenvalue weighted by Crippen LogP contribution is 2.49. The molecule has 0 saturated carbocycles. The van der Waals surface area contributed by atoms with Gasteiger partial charge in [0, 0.05) is 17.8 Å². The van der Waals surface area contributed by atoms with Crippen molar-refractivity contribution in [3.8, 4) is 0 Å². The topological polar surface area (TPSA) is 93.1 Å². The first-order chi connectivity index (χ1) is 16.5. The van der Waals surface area contributed by atoms with Crippen LogP contribution < -0.4 is 10.5 Å². The summed E-state index contributed by atoms with van der Waals surface area (Å²) in [5, 5.41) is 7.19. The van der Waals surface area contributed by atoms with Crippen LogP contribution >= 0.6 is 0 Å². The van der Waals surface area contributed by atoms with Crippen molar-refractivity contribution in [2.75, 3.05) is 4.90 Å². The molecule has 0 radical (unpaired) electrons. The molecule has 4 aromatic rings. The number of amides is 1. The van der Waals surface area contributed by atoms with Gasteiger partial charge < -0.3 is 9.30 Å². The molecule has 5 rings (SSSR count). The standard InChI is InChI=1S/C25H23F2N5O3/c1-13-28-9-10-31(13)22-20-19-17(23(33)30-29-20)11-16(27)12-18(19)32(24(34)35-25(2,3)4)21(22)14-5-7-15(26)8-6-14/h5-12,21-22H,1-4H3,(H,30,33). The van der Waals surface area contributed by atoms with Crippen molar-refractivity contribution < 1.29 is 18.3 Å². The molecule has 180 valence electrons. The number of aromatic amines is 1. The van der Waals surface area contributed by atoms with Gasteiger partial charge in [-0.05, 0) is 57.5 Å². The number of carbonyl (C=O) groups excluding carboxylic acids is 1. The minimum absolute atomic E-state index is 0.0545. The SMILES string of the molecule is Cc1nccn1C1c2n[nH]c(=O)c3cc(F)cc(c23)N(C(=O)OC(C)(C)C)C1c1ccc(F)cc1. The van der Waals surface area contributed by atoms with Gasteiger partial charge >= 0.3 is 6.09 Å². The van der Waals surface area contributed by atoms with Crippen LogP contribution in [0, 0.1) is 18.6 Å².